The van der Waals surface area contributed by atoms with Crippen molar-refractivity contribution in [2.75, 3.05) is 25.0 Å². The zero-order chi connectivity index (χ0) is 13.1. The molecule has 0 unspecified atom stereocenters. The molecule has 1 rings (SSSR count). The summed E-state index contributed by atoms with van der Waals surface area (Å²) in [6, 6.07) is 9.44. The van der Waals surface area contributed by atoms with Gasteiger partial charge in [-0.15, -0.1) is 0 Å². The molecule has 0 saturated carbocycles. The lowest BCUT2D eigenvalue weighted by atomic mass is 10.2. The van der Waals surface area contributed by atoms with Crippen LogP contribution < -0.4 is 10.6 Å². The van der Waals surface area contributed by atoms with E-state index >= 15 is 0 Å². The third-order valence-corrected chi connectivity index (χ3v) is 2.60. The van der Waals surface area contributed by atoms with Gasteiger partial charge in [-0.05, 0) is 31.5 Å². The van der Waals surface area contributed by atoms with Crippen molar-refractivity contribution in [2.45, 2.75) is 25.7 Å². The van der Waals surface area contributed by atoms with Gasteiger partial charge in [0.05, 0.1) is 6.54 Å². The van der Waals surface area contributed by atoms with Gasteiger partial charge in [0, 0.05) is 12.3 Å². The first-order chi connectivity index (χ1) is 8.83. The molecule has 0 aromatic heterocycles. The topological polar surface area (TPSA) is 61.4 Å². The molecular weight excluding hydrogens is 228 g/mol. The molecule has 0 saturated heterocycles. The first-order valence-electron chi connectivity index (χ1n) is 6.49. The van der Waals surface area contributed by atoms with Crippen molar-refractivity contribution in [1.29, 1.82) is 0 Å². The monoisotopic (exact) mass is 250 g/mol. The van der Waals surface area contributed by atoms with E-state index in [-0.39, 0.29) is 12.5 Å². The first-order valence-corrected chi connectivity index (χ1v) is 6.49. The van der Waals surface area contributed by atoms with Gasteiger partial charge in [-0.1, -0.05) is 31.0 Å². The molecule has 1 aromatic rings. The highest BCUT2D eigenvalue weighted by atomic mass is 16.2. The van der Waals surface area contributed by atoms with E-state index < -0.39 is 0 Å². The molecule has 4 heteroatoms. The Morgan fingerprint density at radius 2 is 1.78 bits per heavy atom. The summed E-state index contributed by atoms with van der Waals surface area (Å²) in [7, 11) is 0. The van der Waals surface area contributed by atoms with Crippen molar-refractivity contribution in [3.8, 4) is 0 Å². The van der Waals surface area contributed by atoms with Gasteiger partial charge in [-0.3, -0.25) is 4.79 Å². The van der Waals surface area contributed by atoms with Crippen LogP contribution in [0.5, 0.6) is 0 Å². The van der Waals surface area contributed by atoms with Gasteiger partial charge in [0.1, 0.15) is 0 Å². The third kappa shape index (κ3) is 7.04. The second kappa shape index (κ2) is 9.62. The molecule has 0 heterocycles. The van der Waals surface area contributed by atoms with Crippen molar-refractivity contribution in [2.24, 2.45) is 0 Å². The van der Waals surface area contributed by atoms with E-state index in [0.29, 0.717) is 6.54 Å². The fraction of sp³-hybridized carbons (Fsp3) is 0.500. The minimum atomic E-state index is -0.0171. The van der Waals surface area contributed by atoms with E-state index in [4.69, 9.17) is 5.11 Å². The number of carbonyl (C=O) groups excluding carboxylic acids is 1. The molecule has 0 bridgehead atoms. The molecule has 18 heavy (non-hydrogen) atoms. The van der Waals surface area contributed by atoms with Crippen molar-refractivity contribution in [1.82, 2.24) is 5.32 Å². The number of aliphatic hydroxyl groups excluding tert-OH is 1. The molecule has 0 aliphatic heterocycles. The van der Waals surface area contributed by atoms with E-state index in [1.165, 1.54) is 0 Å². The first kappa shape index (κ1) is 14.7. The number of rotatable bonds is 9. The van der Waals surface area contributed by atoms with E-state index in [1.807, 2.05) is 30.3 Å². The maximum Gasteiger partial charge on any atom is 0.238 e. The van der Waals surface area contributed by atoms with Crippen LogP contribution in [0, 0.1) is 0 Å². The summed E-state index contributed by atoms with van der Waals surface area (Å²) in [6.45, 7) is 1.45. The zero-order valence-electron chi connectivity index (χ0n) is 10.7. The Bertz CT molecular complexity index is 328. The maximum absolute atomic E-state index is 11.5. The van der Waals surface area contributed by atoms with Crippen molar-refractivity contribution < 1.29 is 9.90 Å². The van der Waals surface area contributed by atoms with Gasteiger partial charge in [0.2, 0.25) is 5.91 Å². The molecule has 0 fully saturated rings. The fourth-order valence-corrected chi connectivity index (χ4v) is 1.64. The van der Waals surface area contributed by atoms with Crippen LogP contribution in [0.2, 0.25) is 0 Å². The Hall–Kier alpha value is -1.39. The molecule has 1 amide bonds. The Balaban J connectivity index is 2.00. The predicted octanol–water partition coefficient (Wildman–Crippen LogP) is 1.77. The van der Waals surface area contributed by atoms with Crippen LogP contribution in [0.1, 0.15) is 25.7 Å². The number of nitrogens with one attached hydrogen (secondary N) is 2. The van der Waals surface area contributed by atoms with Gasteiger partial charge in [-0.2, -0.15) is 0 Å². The summed E-state index contributed by atoms with van der Waals surface area (Å²) >= 11 is 0. The van der Waals surface area contributed by atoms with Crippen LogP contribution in [0.15, 0.2) is 30.3 Å². The second-order valence-electron chi connectivity index (χ2n) is 4.23. The lowest BCUT2D eigenvalue weighted by Gasteiger charge is -2.06. The van der Waals surface area contributed by atoms with E-state index in [2.05, 4.69) is 10.6 Å². The highest BCUT2D eigenvalue weighted by Gasteiger charge is 2.00. The molecule has 0 aliphatic carbocycles. The largest absolute Gasteiger partial charge is 0.396 e. The van der Waals surface area contributed by atoms with Crippen LogP contribution in [-0.2, 0) is 4.79 Å². The number of hydrogen-bond donors (Lipinski definition) is 3. The Kier molecular flexibility index (Phi) is 7.84. The van der Waals surface area contributed by atoms with Crippen LogP contribution in [0.3, 0.4) is 0 Å². The molecule has 0 radical (unpaired) electrons. The van der Waals surface area contributed by atoms with E-state index in [0.717, 1.165) is 37.9 Å². The SMILES string of the molecule is O=C(CNCCCCCCO)Nc1ccccc1. The molecule has 0 aliphatic rings. The summed E-state index contributed by atoms with van der Waals surface area (Å²) < 4.78 is 0. The summed E-state index contributed by atoms with van der Waals surface area (Å²) in [5.74, 6) is -0.0171. The smallest absolute Gasteiger partial charge is 0.238 e. The van der Waals surface area contributed by atoms with Crippen molar-refractivity contribution >= 4 is 11.6 Å². The van der Waals surface area contributed by atoms with Crippen LogP contribution in [0.4, 0.5) is 5.69 Å². The minimum Gasteiger partial charge on any atom is -0.396 e. The van der Waals surface area contributed by atoms with Crippen molar-refractivity contribution in [3.05, 3.63) is 30.3 Å². The number of anilines is 1. The average Bonchev–Trinajstić information content (AvgIpc) is 2.39. The standard InChI is InChI=1S/C14H22N2O2/c17-11-7-2-1-6-10-15-12-14(18)16-13-8-4-3-5-9-13/h3-5,8-9,15,17H,1-2,6-7,10-12H2,(H,16,18). The number of unbranched alkanes of at least 4 members (excludes halogenated alkanes) is 3. The Morgan fingerprint density at radius 3 is 2.50 bits per heavy atom. The maximum atomic E-state index is 11.5. The number of hydrogen-bond acceptors (Lipinski definition) is 3. The Labute approximate surface area is 108 Å². The van der Waals surface area contributed by atoms with Crippen LogP contribution in [0.25, 0.3) is 0 Å². The molecule has 4 nitrogen and oxygen atoms in total. The summed E-state index contributed by atoms with van der Waals surface area (Å²) in [5, 5.41) is 14.5. The van der Waals surface area contributed by atoms with Crippen LogP contribution in [-0.4, -0.2) is 30.7 Å². The van der Waals surface area contributed by atoms with Gasteiger partial charge in [0.25, 0.3) is 0 Å². The average molecular weight is 250 g/mol. The summed E-state index contributed by atoms with van der Waals surface area (Å²) in [6.07, 6.45) is 4.05. The van der Waals surface area contributed by atoms with Crippen LogP contribution >= 0.6 is 0 Å². The van der Waals surface area contributed by atoms with Gasteiger partial charge >= 0.3 is 0 Å². The Morgan fingerprint density at radius 1 is 1.06 bits per heavy atom. The predicted molar refractivity (Wildman–Crippen MR) is 73.5 cm³/mol. The van der Waals surface area contributed by atoms with Crippen molar-refractivity contribution in [3.63, 3.8) is 0 Å². The molecule has 100 valence electrons. The highest BCUT2D eigenvalue weighted by molar-refractivity contribution is 5.92. The molecule has 3 N–H and O–H groups in total. The molecular formula is C14H22N2O2. The molecule has 1 aromatic carbocycles. The van der Waals surface area contributed by atoms with Gasteiger partial charge < -0.3 is 15.7 Å². The number of carbonyl (C=O) groups is 1. The number of para-hydroxylation sites is 1. The minimum absolute atomic E-state index is 0.0171. The second-order valence-corrected chi connectivity index (χ2v) is 4.23. The zero-order valence-corrected chi connectivity index (χ0v) is 10.7. The van der Waals surface area contributed by atoms with Gasteiger partial charge in [-0.25, -0.2) is 0 Å². The lowest BCUT2D eigenvalue weighted by Crippen LogP contribution is -2.28. The quantitative estimate of drug-likeness (QED) is 0.585. The number of amides is 1. The molecule has 0 atom stereocenters. The normalized spacial score (nSPS) is 10.3. The summed E-state index contributed by atoms with van der Waals surface area (Å²) in [5.41, 5.74) is 0.826. The highest BCUT2D eigenvalue weighted by Crippen LogP contribution is 2.04. The van der Waals surface area contributed by atoms with E-state index in [9.17, 15) is 4.79 Å². The fourth-order valence-electron chi connectivity index (χ4n) is 1.64. The molecule has 0 spiro atoms. The van der Waals surface area contributed by atoms with Gasteiger partial charge in [0.15, 0.2) is 0 Å². The lowest BCUT2D eigenvalue weighted by molar-refractivity contribution is -0.115. The number of aliphatic hydroxyl groups is 1. The number of benzene rings is 1. The van der Waals surface area contributed by atoms with E-state index in [1.54, 1.807) is 0 Å². The summed E-state index contributed by atoms with van der Waals surface area (Å²) in [4.78, 5) is 11.5. The third-order valence-electron chi connectivity index (χ3n) is 2.60.